The summed E-state index contributed by atoms with van der Waals surface area (Å²) < 4.78 is 119. The van der Waals surface area contributed by atoms with E-state index in [0.717, 1.165) is 24.0 Å². The molecule has 1 heterocycles. The molecule has 1 N–H and O–H groups in total. The normalized spacial score (nSPS) is 16.9. The number of nitrogens with one attached hydrogen (secondary N) is 1. The first-order chi connectivity index (χ1) is 15.6. The SMILES string of the molecule is CC(=O)N(Cc1cc(C(F)(F)F)cc(C(F)(F)F)c1)C1CCCNc2ccc(C(F)(F)F)cc21. The van der Waals surface area contributed by atoms with Crippen LogP contribution in [0.25, 0.3) is 0 Å². The quantitative estimate of drug-likeness (QED) is 0.461. The molecule has 0 spiro atoms. The van der Waals surface area contributed by atoms with Crippen molar-refractivity contribution in [3.05, 3.63) is 64.2 Å². The first kappa shape index (κ1) is 25.7. The van der Waals surface area contributed by atoms with Gasteiger partial charge in [0.1, 0.15) is 0 Å². The van der Waals surface area contributed by atoms with E-state index < -0.39 is 59.3 Å². The fourth-order valence-corrected chi connectivity index (χ4v) is 3.92. The van der Waals surface area contributed by atoms with Crippen molar-refractivity contribution in [3.8, 4) is 0 Å². The van der Waals surface area contributed by atoms with Crippen LogP contribution in [0, 0.1) is 0 Å². The summed E-state index contributed by atoms with van der Waals surface area (Å²) in [6, 6.07) is 2.90. The molecule has 0 bridgehead atoms. The molecule has 34 heavy (non-hydrogen) atoms. The Morgan fingerprint density at radius 3 is 1.94 bits per heavy atom. The van der Waals surface area contributed by atoms with E-state index in [1.54, 1.807) is 0 Å². The van der Waals surface area contributed by atoms with Crippen LogP contribution in [-0.2, 0) is 29.9 Å². The second kappa shape index (κ2) is 9.03. The minimum Gasteiger partial charge on any atom is -0.385 e. The molecule has 3 rings (SSSR count). The van der Waals surface area contributed by atoms with Crippen LogP contribution in [0.1, 0.15) is 53.6 Å². The first-order valence-corrected chi connectivity index (χ1v) is 10.1. The zero-order chi connectivity index (χ0) is 25.5. The van der Waals surface area contributed by atoms with Crippen LogP contribution in [0.3, 0.4) is 0 Å². The van der Waals surface area contributed by atoms with E-state index in [-0.39, 0.29) is 18.1 Å². The maximum Gasteiger partial charge on any atom is 0.416 e. The molecule has 1 amide bonds. The van der Waals surface area contributed by atoms with E-state index in [0.29, 0.717) is 30.8 Å². The smallest absolute Gasteiger partial charge is 0.385 e. The summed E-state index contributed by atoms with van der Waals surface area (Å²) in [7, 11) is 0. The Labute approximate surface area is 188 Å². The summed E-state index contributed by atoms with van der Waals surface area (Å²) in [5, 5.41) is 2.95. The summed E-state index contributed by atoms with van der Waals surface area (Å²) in [5.41, 5.74) is -4.11. The number of hydrogen-bond donors (Lipinski definition) is 1. The number of rotatable bonds is 3. The Bertz CT molecular complexity index is 1030. The zero-order valence-electron chi connectivity index (χ0n) is 17.6. The largest absolute Gasteiger partial charge is 0.416 e. The number of amides is 1. The van der Waals surface area contributed by atoms with Gasteiger partial charge in [-0.3, -0.25) is 4.79 Å². The van der Waals surface area contributed by atoms with Crippen molar-refractivity contribution in [1.29, 1.82) is 0 Å². The van der Waals surface area contributed by atoms with E-state index in [2.05, 4.69) is 5.32 Å². The second-order valence-electron chi connectivity index (χ2n) is 7.95. The number of benzene rings is 2. The number of hydrogen-bond acceptors (Lipinski definition) is 2. The van der Waals surface area contributed by atoms with Crippen molar-refractivity contribution in [2.75, 3.05) is 11.9 Å². The van der Waals surface area contributed by atoms with Crippen LogP contribution in [0.15, 0.2) is 36.4 Å². The van der Waals surface area contributed by atoms with Gasteiger partial charge in [-0.1, -0.05) is 0 Å². The number of nitrogens with zero attached hydrogens (tertiary/aromatic N) is 1. The average Bonchev–Trinajstić information content (AvgIpc) is 2.91. The molecule has 0 saturated carbocycles. The maximum atomic E-state index is 13.3. The van der Waals surface area contributed by atoms with Gasteiger partial charge >= 0.3 is 18.5 Å². The predicted molar refractivity (Wildman–Crippen MR) is 105 cm³/mol. The van der Waals surface area contributed by atoms with Crippen molar-refractivity contribution in [3.63, 3.8) is 0 Å². The fourth-order valence-electron chi connectivity index (χ4n) is 3.92. The van der Waals surface area contributed by atoms with Gasteiger partial charge in [0.2, 0.25) is 5.91 Å². The number of carbonyl (C=O) groups is 1. The summed E-state index contributed by atoms with van der Waals surface area (Å²) in [6.45, 7) is 0.773. The van der Waals surface area contributed by atoms with Crippen molar-refractivity contribution in [2.24, 2.45) is 0 Å². The fraction of sp³-hybridized carbons (Fsp3) is 0.409. The van der Waals surface area contributed by atoms with Crippen LogP contribution in [0.4, 0.5) is 45.2 Å². The standard InChI is InChI=1S/C22H19F9N2O/c1-12(34)33(11-13-7-15(21(26,27)28)9-16(8-13)22(29,30)31)19-3-2-6-32-18-5-4-14(10-17(18)19)20(23,24)25/h4-5,7-10,19,32H,2-3,6,11H2,1H3. The van der Waals surface area contributed by atoms with Crippen molar-refractivity contribution in [2.45, 2.75) is 50.9 Å². The van der Waals surface area contributed by atoms with Gasteiger partial charge in [-0.05, 0) is 60.4 Å². The molecule has 2 aromatic carbocycles. The van der Waals surface area contributed by atoms with Crippen LogP contribution in [0.2, 0.25) is 0 Å². The number of halogens is 9. The molecule has 0 aliphatic carbocycles. The number of fused-ring (bicyclic) bond motifs is 1. The summed E-state index contributed by atoms with van der Waals surface area (Å²) >= 11 is 0. The molecule has 1 atom stereocenters. The summed E-state index contributed by atoms with van der Waals surface area (Å²) in [4.78, 5) is 13.5. The lowest BCUT2D eigenvalue weighted by Crippen LogP contribution is -2.33. The van der Waals surface area contributed by atoms with Crippen LogP contribution in [-0.4, -0.2) is 17.4 Å². The van der Waals surface area contributed by atoms with E-state index in [1.165, 1.54) is 6.07 Å². The first-order valence-electron chi connectivity index (χ1n) is 10.1. The Hall–Kier alpha value is -2.92. The van der Waals surface area contributed by atoms with Gasteiger partial charge in [0.15, 0.2) is 0 Å². The van der Waals surface area contributed by atoms with Crippen LogP contribution in [0.5, 0.6) is 0 Å². The van der Waals surface area contributed by atoms with Gasteiger partial charge in [-0.25, -0.2) is 0 Å². The molecule has 12 heteroatoms. The van der Waals surface area contributed by atoms with Crippen LogP contribution < -0.4 is 5.32 Å². The minimum atomic E-state index is -5.07. The Morgan fingerprint density at radius 1 is 0.882 bits per heavy atom. The van der Waals surface area contributed by atoms with E-state index in [1.807, 2.05) is 0 Å². The zero-order valence-corrected chi connectivity index (χ0v) is 17.6. The highest BCUT2D eigenvalue weighted by Gasteiger charge is 2.38. The van der Waals surface area contributed by atoms with Gasteiger partial charge in [-0.15, -0.1) is 0 Å². The Morgan fingerprint density at radius 2 is 1.44 bits per heavy atom. The molecule has 186 valence electrons. The van der Waals surface area contributed by atoms with E-state index in [4.69, 9.17) is 0 Å². The van der Waals surface area contributed by atoms with Crippen molar-refractivity contribution < 1.29 is 44.3 Å². The summed E-state index contributed by atoms with van der Waals surface area (Å²) in [5.74, 6) is -0.707. The van der Waals surface area contributed by atoms with Gasteiger partial charge in [0.25, 0.3) is 0 Å². The Kier molecular flexibility index (Phi) is 6.82. The molecule has 0 fully saturated rings. The monoisotopic (exact) mass is 498 g/mol. The summed E-state index contributed by atoms with van der Waals surface area (Å²) in [6.07, 6.45) is -14.3. The highest BCUT2D eigenvalue weighted by atomic mass is 19.4. The maximum absolute atomic E-state index is 13.3. The molecule has 2 aromatic rings. The lowest BCUT2D eigenvalue weighted by atomic mass is 9.96. The highest BCUT2D eigenvalue weighted by Crippen LogP contribution is 2.41. The molecule has 1 aliphatic rings. The van der Waals surface area contributed by atoms with E-state index in [9.17, 15) is 44.3 Å². The van der Waals surface area contributed by atoms with Crippen LogP contribution >= 0.6 is 0 Å². The highest BCUT2D eigenvalue weighted by molar-refractivity contribution is 5.74. The van der Waals surface area contributed by atoms with Gasteiger partial charge in [0.05, 0.1) is 22.7 Å². The van der Waals surface area contributed by atoms with E-state index >= 15 is 0 Å². The predicted octanol–water partition coefficient (Wildman–Crippen LogP) is 7.04. The lowest BCUT2D eigenvalue weighted by molar-refractivity contribution is -0.143. The third-order valence-corrected chi connectivity index (χ3v) is 5.49. The lowest BCUT2D eigenvalue weighted by Gasteiger charge is -2.32. The molecular weight excluding hydrogens is 479 g/mol. The van der Waals surface area contributed by atoms with Gasteiger partial charge in [-0.2, -0.15) is 39.5 Å². The molecular formula is C22H19F9N2O. The number of anilines is 1. The molecule has 1 unspecified atom stereocenters. The molecule has 0 aromatic heterocycles. The molecule has 0 saturated heterocycles. The third-order valence-electron chi connectivity index (χ3n) is 5.49. The van der Waals surface area contributed by atoms with Gasteiger partial charge < -0.3 is 10.2 Å². The third kappa shape index (κ3) is 5.76. The number of alkyl halides is 9. The van der Waals surface area contributed by atoms with Gasteiger partial charge in [0, 0.05) is 25.7 Å². The second-order valence-corrected chi connectivity index (χ2v) is 7.95. The average molecular weight is 498 g/mol. The topological polar surface area (TPSA) is 32.3 Å². The van der Waals surface area contributed by atoms with Crippen molar-refractivity contribution in [1.82, 2.24) is 4.90 Å². The number of carbonyl (C=O) groups excluding carboxylic acids is 1. The van der Waals surface area contributed by atoms with Crippen molar-refractivity contribution >= 4 is 11.6 Å². The molecule has 3 nitrogen and oxygen atoms in total. The minimum absolute atomic E-state index is 0.0257. The Balaban J connectivity index is 2.09. The molecule has 1 aliphatic heterocycles. The molecule has 0 radical (unpaired) electrons.